The minimum Gasteiger partial charge on any atom is -0.496 e. The lowest BCUT2D eigenvalue weighted by Gasteiger charge is -2.28. The highest BCUT2D eigenvalue weighted by atomic mass is 16.5. The number of methoxy groups -OCH3 is 3. The van der Waals surface area contributed by atoms with Crippen LogP contribution in [0.3, 0.4) is 0 Å². The van der Waals surface area contributed by atoms with Crippen molar-refractivity contribution in [2.75, 3.05) is 34.9 Å². The van der Waals surface area contributed by atoms with Crippen molar-refractivity contribution in [1.82, 2.24) is 10.6 Å². The molecule has 6 heteroatoms. The fourth-order valence-electron chi connectivity index (χ4n) is 3.58. The summed E-state index contributed by atoms with van der Waals surface area (Å²) in [5, 5.41) is 6.96. The van der Waals surface area contributed by atoms with Gasteiger partial charge in [-0.1, -0.05) is 19.8 Å². The topological polar surface area (TPSA) is 64.1 Å². The van der Waals surface area contributed by atoms with Gasteiger partial charge in [0, 0.05) is 37.3 Å². The molecule has 0 radical (unpaired) electrons. The molecule has 2 atom stereocenters. The average Bonchev–Trinajstić information content (AvgIpc) is 2.66. The molecule has 1 aliphatic carbocycles. The normalized spacial score (nSPS) is 20.4. The first-order chi connectivity index (χ1) is 12.6. The molecular weight excluding hydrogens is 330 g/mol. The van der Waals surface area contributed by atoms with Gasteiger partial charge >= 0.3 is 0 Å². The van der Waals surface area contributed by atoms with E-state index in [-0.39, 0.29) is 0 Å². The van der Waals surface area contributed by atoms with Gasteiger partial charge in [-0.3, -0.25) is 4.99 Å². The van der Waals surface area contributed by atoms with E-state index in [2.05, 4.69) is 22.5 Å². The summed E-state index contributed by atoms with van der Waals surface area (Å²) in [6.45, 7) is 3.06. The Balaban J connectivity index is 1.95. The monoisotopic (exact) mass is 363 g/mol. The lowest BCUT2D eigenvalue weighted by molar-refractivity contribution is 0.324. The highest BCUT2D eigenvalue weighted by Gasteiger charge is 2.19. The Morgan fingerprint density at radius 1 is 1.12 bits per heavy atom. The molecule has 0 saturated heterocycles. The van der Waals surface area contributed by atoms with Gasteiger partial charge in [-0.2, -0.15) is 0 Å². The van der Waals surface area contributed by atoms with Crippen molar-refractivity contribution in [2.45, 2.75) is 45.1 Å². The van der Waals surface area contributed by atoms with Gasteiger partial charge in [0.15, 0.2) is 5.96 Å². The lowest BCUT2D eigenvalue weighted by Crippen LogP contribution is -2.45. The predicted molar refractivity (Wildman–Crippen MR) is 106 cm³/mol. The number of ether oxygens (including phenoxy) is 3. The van der Waals surface area contributed by atoms with Crippen LogP contribution in [0.5, 0.6) is 17.2 Å². The van der Waals surface area contributed by atoms with Gasteiger partial charge in [0.25, 0.3) is 0 Å². The first-order valence-electron chi connectivity index (χ1n) is 9.37. The van der Waals surface area contributed by atoms with Gasteiger partial charge in [-0.05, 0) is 25.2 Å². The maximum atomic E-state index is 5.51. The maximum Gasteiger partial charge on any atom is 0.191 e. The summed E-state index contributed by atoms with van der Waals surface area (Å²) in [6, 6.07) is 4.28. The molecule has 1 aliphatic rings. The molecule has 1 aromatic carbocycles. The smallest absolute Gasteiger partial charge is 0.191 e. The summed E-state index contributed by atoms with van der Waals surface area (Å²) >= 11 is 0. The molecule has 1 saturated carbocycles. The minimum absolute atomic E-state index is 0.509. The zero-order valence-corrected chi connectivity index (χ0v) is 16.7. The third-order valence-electron chi connectivity index (χ3n) is 4.99. The summed E-state index contributed by atoms with van der Waals surface area (Å²) in [6.07, 6.45) is 5.81. The van der Waals surface area contributed by atoms with Crippen molar-refractivity contribution in [2.24, 2.45) is 10.9 Å². The average molecular weight is 364 g/mol. The zero-order chi connectivity index (χ0) is 18.9. The fourth-order valence-corrected chi connectivity index (χ4v) is 3.58. The van der Waals surface area contributed by atoms with Crippen LogP contribution in [-0.2, 0) is 6.42 Å². The molecule has 0 amide bonds. The van der Waals surface area contributed by atoms with Crippen LogP contribution in [0.25, 0.3) is 0 Å². The molecule has 26 heavy (non-hydrogen) atoms. The fraction of sp³-hybridized carbons (Fsp3) is 0.650. The molecule has 0 bridgehead atoms. The van der Waals surface area contributed by atoms with Crippen LogP contribution >= 0.6 is 0 Å². The van der Waals surface area contributed by atoms with Crippen LogP contribution < -0.4 is 24.8 Å². The Kier molecular flexibility index (Phi) is 7.88. The Morgan fingerprint density at radius 3 is 2.35 bits per heavy atom. The number of nitrogens with one attached hydrogen (secondary N) is 2. The molecule has 2 rings (SSSR count). The third-order valence-corrected chi connectivity index (χ3v) is 4.99. The molecule has 0 aliphatic heterocycles. The number of benzene rings is 1. The number of nitrogens with zero attached hydrogens (tertiary/aromatic N) is 1. The van der Waals surface area contributed by atoms with Crippen LogP contribution in [0.4, 0.5) is 0 Å². The summed E-state index contributed by atoms with van der Waals surface area (Å²) < 4.78 is 16.3. The summed E-state index contributed by atoms with van der Waals surface area (Å²) in [7, 11) is 6.78. The van der Waals surface area contributed by atoms with Gasteiger partial charge in [0.05, 0.1) is 21.3 Å². The molecule has 1 aromatic rings. The van der Waals surface area contributed by atoms with Gasteiger partial charge in [0.2, 0.25) is 0 Å². The molecular formula is C20H33N3O3. The maximum absolute atomic E-state index is 5.51. The highest BCUT2D eigenvalue weighted by molar-refractivity contribution is 5.80. The second kappa shape index (κ2) is 10.1. The molecule has 0 aromatic heterocycles. The van der Waals surface area contributed by atoms with E-state index in [0.29, 0.717) is 6.04 Å². The number of hydrogen-bond donors (Lipinski definition) is 2. The van der Waals surface area contributed by atoms with E-state index in [1.807, 2.05) is 19.2 Å². The van der Waals surface area contributed by atoms with E-state index >= 15 is 0 Å². The van der Waals surface area contributed by atoms with E-state index < -0.39 is 0 Å². The molecule has 2 N–H and O–H groups in total. The van der Waals surface area contributed by atoms with Crippen molar-refractivity contribution in [3.05, 3.63) is 17.7 Å². The van der Waals surface area contributed by atoms with Crippen molar-refractivity contribution in [1.29, 1.82) is 0 Å². The van der Waals surface area contributed by atoms with Gasteiger partial charge in [-0.25, -0.2) is 0 Å². The van der Waals surface area contributed by atoms with Gasteiger partial charge < -0.3 is 24.8 Å². The highest BCUT2D eigenvalue weighted by Crippen LogP contribution is 2.34. The zero-order valence-electron chi connectivity index (χ0n) is 16.7. The van der Waals surface area contributed by atoms with Crippen molar-refractivity contribution in [3.8, 4) is 17.2 Å². The Morgan fingerprint density at radius 2 is 1.81 bits per heavy atom. The number of aliphatic imine (C=N–C) groups is 1. The second-order valence-electron chi connectivity index (χ2n) is 6.87. The van der Waals surface area contributed by atoms with Crippen molar-refractivity contribution in [3.63, 3.8) is 0 Å². The number of guanidine groups is 1. The van der Waals surface area contributed by atoms with Crippen LogP contribution in [0.2, 0.25) is 0 Å². The second-order valence-corrected chi connectivity index (χ2v) is 6.87. The van der Waals surface area contributed by atoms with E-state index in [4.69, 9.17) is 14.2 Å². The number of rotatable bonds is 7. The SMILES string of the molecule is CN=C(NCCc1c(OC)cc(OC)cc1OC)NC1CCCC(C)C1. The van der Waals surface area contributed by atoms with Crippen LogP contribution in [0, 0.1) is 5.92 Å². The Labute approximate surface area is 157 Å². The van der Waals surface area contributed by atoms with E-state index in [1.165, 1.54) is 25.7 Å². The van der Waals surface area contributed by atoms with Crippen LogP contribution in [-0.4, -0.2) is 46.9 Å². The Hall–Kier alpha value is -2.11. The van der Waals surface area contributed by atoms with Gasteiger partial charge in [0.1, 0.15) is 17.2 Å². The molecule has 1 fully saturated rings. The van der Waals surface area contributed by atoms with E-state index in [0.717, 1.165) is 47.7 Å². The summed E-state index contributed by atoms with van der Waals surface area (Å²) in [4.78, 5) is 4.36. The molecule has 2 unspecified atom stereocenters. The van der Waals surface area contributed by atoms with Crippen molar-refractivity contribution < 1.29 is 14.2 Å². The summed E-state index contributed by atoms with van der Waals surface area (Å²) in [5.41, 5.74) is 1.02. The molecule has 0 heterocycles. The van der Waals surface area contributed by atoms with E-state index in [1.54, 1.807) is 21.3 Å². The largest absolute Gasteiger partial charge is 0.496 e. The third kappa shape index (κ3) is 5.44. The standard InChI is InChI=1S/C20H33N3O3/c1-14-7-6-8-15(11-14)23-20(21-2)22-10-9-17-18(25-4)12-16(24-3)13-19(17)26-5/h12-15H,6-11H2,1-5H3,(H2,21,22,23). The van der Waals surface area contributed by atoms with Crippen molar-refractivity contribution >= 4 is 5.96 Å². The molecule has 0 spiro atoms. The quantitative estimate of drug-likeness (QED) is 0.576. The molecule has 6 nitrogen and oxygen atoms in total. The van der Waals surface area contributed by atoms with E-state index in [9.17, 15) is 0 Å². The van der Waals surface area contributed by atoms with Gasteiger partial charge in [-0.15, -0.1) is 0 Å². The lowest BCUT2D eigenvalue weighted by atomic mass is 9.87. The number of hydrogen-bond acceptors (Lipinski definition) is 4. The predicted octanol–water partition coefficient (Wildman–Crippen LogP) is 3.00. The minimum atomic E-state index is 0.509. The Bertz CT molecular complexity index is 579. The summed E-state index contributed by atoms with van der Waals surface area (Å²) in [5.74, 6) is 3.90. The molecule has 146 valence electrons. The first kappa shape index (κ1) is 20.2. The van der Waals surface area contributed by atoms with Crippen LogP contribution in [0.1, 0.15) is 38.2 Å². The van der Waals surface area contributed by atoms with Crippen LogP contribution in [0.15, 0.2) is 17.1 Å². The first-order valence-corrected chi connectivity index (χ1v) is 9.37.